The fraction of sp³-hybridized carbons (Fsp3) is 0.0870. The van der Waals surface area contributed by atoms with E-state index in [1.165, 1.54) is 44.5 Å². The van der Waals surface area contributed by atoms with E-state index in [1.54, 1.807) is 0 Å². The molecule has 0 aliphatic heterocycles. The third-order valence-electron chi connectivity index (χ3n) is 9.38. The van der Waals surface area contributed by atoms with Crippen LogP contribution in [0.15, 0.2) is 206 Å². The zero-order chi connectivity index (χ0) is 32.5. The minimum Gasteiger partial charge on any atom is -0.296 e. The summed E-state index contributed by atoms with van der Waals surface area (Å²) in [7, 11) is 0. The van der Waals surface area contributed by atoms with Crippen molar-refractivity contribution in [1.82, 2.24) is 10.6 Å². The van der Waals surface area contributed by atoms with Crippen molar-refractivity contribution in [3.05, 3.63) is 251 Å². The Morgan fingerprint density at radius 1 is 0.250 bits per heavy atom. The molecule has 0 aliphatic rings. The van der Waals surface area contributed by atoms with E-state index >= 15 is 0 Å². The predicted molar refractivity (Wildman–Crippen MR) is 199 cm³/mol. The Labute approximate surface area is 284 Å². The van der Waals surface area contributed by atoms with E-state index in [2.05, 4.69) is 217 Å². The summed E-state index contributed by atoms with van der Waals surface area (Å²) in [4.78, 5) is 0. The van der Waals surface area contributed by atoms with Crippen LogP contribution in [0.1, 0.15) is 44.5 Å². The Morgan fingerprint density at radius 2 is 0.438 bits per heavy atom. The molecule has 2 N–H and O–H groups in total. The average Bonchev–Trinajstić information content (AvgIpc) is 3.18. The highest BCUT2D eigenvalue weighted by Crippen LogP contribution is 2.38. The molecule has 0 amide bonds. The van der Waals surface area contributed by atoms with Gasteiger partial charge in [0.05, 0.1) is 11.1 Å². The van der Waals surface area contributed by atoms with Gasteiger partial charge in [-0.05, 0) is 44.5 Å². The van der Waals surface area contributed by atoms with Gasteiger partial charge in [-0.25, -0.2) is 0 Å². The molecule has 0 saturated heterocycles. The monoisotopic (exact) mass is 620 g/mol. The lowest BCUT2D eigenvalue weighted by Crippen LogP contribution is -2.44. The van der Waals surface area contributed by atoms with Crippen LogP contribution in [0.4, 0.5) is 0 Å². The van der Waals surface area contributed by atoms with Crippen LogP contribution < -0.4 is 10.6 Å². The standard InChI is InChI=1S/C46H40N2/c1-7-19-39(20-8-1)45(40-21-9-2-10-22-40,41-23-11-3-12-24-41)47-35-37-31-33-38(34-32-37)36-48-46(42-25-13-4-14-26-42,43-27-15-5-16-28-43)44-29-17-6-18-30-44/h1-34,47-48H,35-36H2. The maximum atomic E-state index is 4.02. The second-order valence-corrected chi connectivity index (χ2v) is 12.2. The summed E-state index contributed by atoms with van der Waals surface area (Å²) in [6, 6.07) is 73.7. The normalized spacial score (nSPS) is 11.7. The molecule has 0 fully saturated rings. The summed E-state index contributed by atoms with van der Waals surface area (Å²) in [5.74, 6) is 0. The molecule has 0 atom stereocenters. The highest BCUT2D eigenvalue weighted by molar-refractivity contribution is 5.51. The molecule has 0 saturated carbocycles. The fourth-order valence-electron chi connectivity index (χ4n) is 6.99. The van der Waals surface area contributed by atoms with Crippen molar-refractivity contribution >= 4 is 0 Å². The van der Waals surface area contributed by atoms with Gasteiger partial charge in [-0.15, -0.1) is 0 Å². The van der Waals surface area contributed by atoms with E-state index in [4.69, 9.17) is 0 Å². The van der Waals surface area contributed by atoms with E-state index in [9.17, 15) is 0 Å². The number of rotatable bonds is 12. The Kier molecular flexibility index (Phi) is 9.38. The second-order valence-electron chi connectivity index (χ2n) is 12.2. The molecule has 0 spiro atoms. The van der Waals surface area contributed by atoms with Crippen molar-refractivity contribution in [3.63, 3.8) is 0 Å². The van der Waals surface area contributed by atoms with Crippen LogP contribution >= 0.6 is 0 Å². The van der Waals surface area contributed by atoms with Gasteiger partial charge in [-0.2, -0.15) is 0 Å². The van der Waals surface area contributed by atoms with Gasteiger partial charge in [-0.3, -0.25) is 10.6 Å². The van der Waals surface area contributed by atoms with Crippen molar-refractivity contribution in [3.8, 4) is 0 Å². The minimum absolute atomic E-state index is 0.509. The molecule has 2 heteroatoms. The zero-order valence-electron chi connectivity index (χ0n) is 27.0. The highest BCUT2D eigenvalue weighted by Gasteiger charge is 2.37. The molecule has 7 aromatic rings. The van der Waals surface area contributed by atoms with Gasteiger partial charge in [0.1, 0.15) is 0 Å². The van der Waals surface area contributed by atoms with Crippen LogP contribution in [0, 0.1) is 0 Å². The van der Waals surface area contributed by atoms with E-state index in [1.807, 2.05) is 0 Å². The van der Waals surface area contributed by atoms with Gasteiger partial charge in [0.15, 0.2) is 0 Å². The van der Waals surface area contributed by atoms with Crippen LogP contribution in [0.5, 0.6) is 0 Å². The average molecular weight is 621 g/mol. The van der Waals surface area contributed by atoms with Crippen LogP contribution in [-0.2, 0) is 24.2 Å². The van der Waals surface area contributed by atoms with Gasteiger partial charge in [0.2, 0.25) is 0 Å². The van der Waals surface area contributed by atoms with Crippen LogP contribution in [0.25, 0.3) is 0 Å². The molecule has 7 aromatic carbocycles. The quantitative estimate of drug-likeness (QED) is 0.133. The summed E-state index contributed by atoms with van der Waals surface area (Å²) in [6.07, 6.45) is 0. The Hall–Kier alpha value is -5.54. The number of benzene rings is 7. The van der Waals surface area contributed by atoms with Crippen LogP contribution in [0.3, 0.4) is 0 Å². The van der Waals surface area contributed by atoms with Crippen molar-refractivity contribution < 1.29 is 0 Å². The van der Waals surface area contributed by atoms with Gasteiger partial charge >= 0.3 is 0 Å². The maximum Gasteiger partial charge on any atom is 0.0950 e. The summed E-state index contributed by atoms with van der Waals surface area (Å²) in [5, 5.41) is 8.05. The first kappa shape index (κ1) is 31.1. The lowest BCUT2D eigenvalue weighted by Gasteiger charge is -2.37. The molecule has 0 heterocycles. The first-order valence-electron chi connectivity index (χ1n) is 16.7. The van der Waals surface area contributed by atoms with Crippen LogP contribution in [-0.4, -0.2) is 0 Å². The van der Waals surface area contributed by atoms with Crippen LogP contribution in [0.2, 0.25) is 0 Å². The van der Waals surface area contributed by atoms with Crippen molar-refractivity contribution in [2.75, 3.05) is 0 Å². The third-order valence-corrected chi connectivity index (χ3v) is 9.38. The molecule has 48 heavy (non-hydrogen) atoms. The lowest BCUT2D eigenvalue weighted by atomic mass is 9.76. The van der Waals surface area contributed by atoms with Gasteiger partial charge in [0, 0.05) is 13.1 Å². The van der Waals surface area contributed by atoms with Gasteiger partial charge in [-0.1, -0.05) is 206 Å². The highest BCUT2D eigenvalue weighted by atomic mass is 15.0. The number of hydrogen-bond donors (Lipinski definition) is 2. The Bertz CT molecular complexity index is 1630. The number of nitrogens with one attached hydrogen (secondary N) is 2. The van der Waals surface area contributed by atoms with E-state index in [0.29, 0.717) is 13.1 Å². The molecule has 0 aliphatic carbocycles. The SMILES string of the molecule is c1ccc(C(NCc2ccc(CNC(c3ccccc3)(c3ccccc3)c3ccccc3)cc2)(c2ccccc2)c2ccccc2)cc1. The second kappa shape index (κ2) is 14.5. The predicted octanol–water partition coefficient (Wildman–Crippen LogP) is 9.85. The molecule has 2 nitrogen and oxygen atoms in total. The molecule has 0 unspecified atom stereocenters. The summed E-state index contributed by atoms with van der Waals surface area (Å²) in [5.41, 5.74) is 8.70. The molecule has 0 bridgehead atoms. The van der Waals surface area contributed by atoms with Crippen molar-refractivity contribution in [2.24, 2.45) is 0 Å². The summed E-state index contributed by atoms with van der Waals surface area (Å²) >= 11 is 0. The van der Waals surface area contributed by atoms with Crippen molar-refractivity contribution in [1.29, 1.82) is 0 Å². The molecule has 0 aromatic heterocycles. The Balaban J connectivity index is 1.19. The van der Waals surface area contributed by atoms with Crippen molar-refractivity contribution in [2.45, 2.75) is 24.2 Å². The van der Waals surface area contributed by atoms with E-state index in [-0.39, 0.29) is 0 Å². The van der Waals surface area contributed by atoms with E-state index in [0.717, 1.165) is 0 Å². The van der Waals surface area contributed by atoms with Gasteiger partial charge in [0.25, 0.3) is 0 Å². The third kappa shape index (κ3) is 6.24. The smallest absolute Gasteiger partial charge is 0.0950 e. The number of hydrogen-bond acceptors (Lipinski definition) is 2. The fourth-order valence-corrected chi connectivity index (χ4v) is 6.99. The summed E-state index contributed by atoms with van der Waals surface area (Å²) in [6.45, 7) is 1.41. The first-order chi connectivity index (χ1) is 23.8. The molecule has 7 rings (SSSR count). The minimum atomic E-state index is -0.509. The Morgan fingerprint density at radius 3 is 0.625 bits per heavy atom. The van der Waals surface area contributed by atoms with E-state index < -0.39 is 11.1 Å². The first-order valence-corrected chi connectivity index (χ1v) is 16.7. The largest absolute Gasteiger partial charge is 0.296 e. The summed E-state index contributed by atoms with van der Waals surface area (Å²) < 4.78 is 0. The molecular formula is C46H40N2. The molecule has 234 valence electrons. The topological polar surface area (TPSA) is 24.1 Å². The zero-order valence-corrected chi connectivity index (χ0v) is 27.0. The molecular weight excluding hydrogens is 581 g/mol. The maximum absolute atomic E-state index is 4.02. The van der Waals surface area contributed by atoms with Gasteiger partial charge < -0.3 is 0 Å². The molecule has 0 radical (unpaired) electrons. The lowest BCUT2D eigenvalue weighted by molar-refractivity contribution is 0.468.